The van der Waals surface area contributed by atoms with Crippen molar-refractivity contribution in [2.24, 2.45) is 11.8 Å². The van der Waals surface area contributed by atoms with Gasteiger partial charge in [0.15, 0.2) is 21.4 Å². The van der Waals surface area contributed by atoms with Crippen LogP contribution in [0.2, 0.25) is 10.0 Å². The summed E-state index contributed by atoms with van der Waals surface area (Å²) in [5.74, 6) is -2.38. The molecule has 1 saturated heterocycles. The lowest BCUT2D eigenvalue weighted by Gasteiger charge is -2.29. The first-order valence-corrected chi connectivity index (χ1v) is 15.9. The Kier molecular flexibility index (Phi) is 7.98. The highest BCUT2D eigenvalue weighted by Crippen LogP contribution is 2.51. The van der Waals surface area contributed by atoms with Crippen molar-refractivity contribution in [2.75, 3.05) is 6.54 Å². The van der Waals surface area contributed by atoms with E-state index in [4.69, 9.17) is 23.2 Å². The number of Topliss-reactive ketones (excluding diaryl/α,β-unsaturated/α-hetero) is 3. The van der Waals surface area contributed by atoms with E-state index in [0.29, 0.717) is 17.9 Å². The zero-order valence-corrected chi connectivity index (χ0v) is 24.5. The molecule has 0 unspecified atom stereocenters. The number of ketones is 3. The summed E-state index contributed by atoms with van der Waals surface area (Å²) < 4.78 is 27.3. The summed E-state index contributed by atoms with van der Waals surface area (Å²) in [7, 11) is -3.98. The molecule has 0 aromatic heterocycles. The van der Waals surface area contributed by atoms with Gasteiger partial charge in [-0.3, -0.25) is 19.2 Å². The number of amides is 1. The summed E-state index contributed by atoms with van der Waals surface area (Å²) in [6, 6.07) is 12.0. The monoisotopic (exact) mass is 603 g/mol. The Morgan fingerprint density at radius 3 is 2.25 bits per heavy atom. The molecule has 0 bridgehead atoms. The fourth-order valence-electron chi connectivity index (χ4n) is 5.69. The van der Waals surface area contributed by atoms with Crippen LogP contribution in [0.4, 0.5) is 0 Å². The first-order chi connectivity index (χ1) is 18.9. The molecular weight excluding hydrogens is 573 g/mol. The molecule has 0 spiro atoms. The maximum absolute atomic E-state index is 14.1. The molecule has 212 valence electrons. The standard InChI is InChI=1S/C30H31Cl2NO6S/c1-18(28(36)26(35)15-19-6-7-19)14-25(34)24-16-22(40(38,39)27-5-3-2-4-23(27)32)17-33(24)29(37)30(12-13-30)20-8-10-21(31)11-9-20/h2-5,8-11,18-19,22,24H,6-7,12-17H2,1H3/t18-,22-,24+/m1/s1. The van der Waals surface area contributed by atoms with Gasteiger partial charge in [-0.25, -0.2) is 8.42 Å². The molecule has 1 heterocycles. The van der Waals surface area contributed by atoms with E-state index in [1.54, 1.807) is 43.3 Å². The lowest BCUT2D eigenvalue weighted by Crippen LogP contribution is -2.46. The average molecular weight is 605 g/mol. The highest BCUT2D eigenvalue weighted by molar-refractivity contribution is 7.92. The molecule has 3 atom stereocenters. The van der Waals surface area contributed by atoms with Gasteiger partial charge in [-0.2, -0.15) is 0 Å². The van der Waals surface area contributed by atoms with E-state index in [0.717, 1.165) is 18.4 Å². The van der Waals surface area contributed by atoms with Gasteiger partial charge in [0, 0.05) is 30.3 Å². The molecular formula is C30H31Cl2NO6S. The molecule has 1 amide bonds. The molecule has 0 radical (unpaired) electrons. The predicted molar refractivity (Wildman–Crippen MR) is 151 cm³/mol. The van der Waals surface area contributed by atoms with E-state index < -0.39 is 49.8 Å². The van der Waals surface area contributed by atoms with Crippen LogP contribution in [-0.4, -0.2) is 54.4 Å². The van der Waals surface area contributed by atoms with Crippen molar-refractivity contribution >= 4 is 56.3 Å². The summed E-state index contributed by atoms with van der Waals surface area (Å²) in [6.07, 6.45) is 2.86. The van der Waals surface area contributed by atoms with Crippen LogP contribution in [0.1, 0.15) is 57.4 Å². The molecule has 2 saturated carbocycles. The number of sulfone groups is 1. The third-order valence-corrected chi connectivity index (χ3v) is 11.3. The van der Waals surface area contributed by atoms with Crippen molar-refractivity contribution in [1.82, 2.24) is 4.90 Å². The second-order valence-corrected chi connectivity index (χ2v) is 14.4. The first kappa shape index (κ1) is 29.0. The third kappa shape index (κ3) is 5.63. The van der Waals surface area contributed by atoms with Gasteiger partial charge in [0.25, 0.3) is 0 Å². The maximum atomic E-state index is 14.1. The Hall–Kier alpha value is -2.55. The number of hydrogen-bond acceptors (Lipinski definition) is 6. The Morgan fingerprint density at radius 2 is 1.65 bits per heavy atom. The van der Waals surface area contributed by atoms with Crippen molar-refractivity contribution in [2.45, 2.75) is 73.5 Å². The number of rotatable bonds is 11. The quantitative estimate of drug-likeness (QED) is 0.335. The van der Waals surface area contributed by atoms with Crippen LogP contribution >= 0.6 is 23.2 Å². The number of likely N-dealkylation sites (tertiary alicyclic amines) is 1. The fourth-order valence-corrected chi connectivity index (χ4v) is 8.04. The molecule has 3 aliphatic rings. The predicted octanol–water partition coefficient (Wildman–Crippen LogP) is 5.00. The molecule has 0 N–H and O–H groups in total. The first-order valence-electron chi connectivity index (χ1n) is 13.6. The lowest BCUT2D eigenvalue weighted by atomic mass is 9.90. The molecule has 3 fully saturated rings. The van der Waals surface area contributed by atoms with E-state index in [1.165, 1.54) is 17.0 Å². The van der Waals surface area contributed by atoms with Crippen molar-refractivity contribution in [3.05, 3.63) is 64.1 Å². The van der Waals surface area contributed by atoms with E-state index in [1.807, 2.05) is 0 Å². The van der Waals surface area contributed by atoms with Crippen LogP contribution in [0.3, 0.4) is 0 Å². The smallest absolute Gasteiger partial charge is 0.233 e. The van der Waals surface area contributed by atoms with Crippen molar-refractivity contribution in [3.8, 4) is 0 Å². The minimum Gasteiger partial charge on any atom is -0.331 e. The molecule has 40 heavy (non-hydrogen) atoms. The Balaban J connectivity index is 1.41. The summed E-state index contributed by atoms with van der Waals surface area (Å²) >= 11 is 12.3. The molecule has 1 aliphatic heterocycles. The molecule has 2 aliphatic carbocycles. The van der Waals surface area contributed by atoms with Crippen LogP contribution in [0.5, 0.6) is 0 Å². The summed E-state index contributed by atoms with van der Waals surface area (Å²) in [4.78, 5) is 54.1. The van der Waals surface area contributed by atoms with Gasteiger partial charge in [-0.1, -0.05) is 54.4 Å². The lowest BCUT2D eigenvalue weighted by molar-refractivity contribution is -0.142. The topological polar surface area (TPSA) is 106 Å². The fraction of sp³-hybridized carbons (Fsp3) is 0.467. The van der Waals surface area contributed by atoms with E-state index in [2.05, 4.69) is 0 Å². The highest BCUT2D eigenvalue weighted by atomic mass is 35.5. The van der Waals surface area contributed by atoms with Gasteiger partial charge < -0.3 is 4.90 Å². The van der Waals surface area contributed by atoms with Crippen LogP contribution in [0.15, 0.2) is 53.4 Å². The van der Waals surface area contributed by atoms with Crippen LogP contribution in [0.25, 0.3) is 0 Å². The minimum absolute atomic E-state index is 0.0461. The molecule has 7 nitrogen and oxygen atoms in total. The number of nitrogens with zero attached hydrogens (tertiary/aromatic N) is 1. The van der Waals surface area contributed by atoms with Gasteiger partial charge in [-0.05, 0) is 67.9 Å². The highest BCUT2D eigenvalue weighted by Gasteiger charge is 2.57. The summed E-state index contributed by atoms with van der Waals surface area (Å²) in [5, 5.41) is -0.445. The number of halogens is 2. The second-order valence-electron chi connectivity index (χ2n) is 11.4. The van der Waals surface area contributed by atoms with E-state index >= 15 is 0 Å². The number of benzene rings is 2. The van der Waals surface area contributed by atoms with Gasteiger partial charge >= 0.3 is 0 Å². The Labute approximate surface area is 244 Å². The van der Waals surface area contributed by atoms with Gasteiger partial charge in [0.05, 0.1) is 26.6 Å². The zero-order valence-electron chi connectivity index (χ0n) is 22.1. The third-order valence-electron chi connectivity index (χ3n) is 8.43. The van der Waals surface area contributed by atoms with Crippen LogP contribution < -0.4 is 0 Å². The SMILES string of the molecule is C[C@H](CC(=O)[C@@H]1C[C@@H](S(=O)(=O)c2ccccc2Cl)CN1C(=O)C1(c2ccc(Cl)cc2)CC1)C(=O)C(=O)CC1CC1. The maximum Gasteiger partial charge on any atom is 0.233 e. The average Bonchev–Trinajstić information content (AvgIpc) is 3.86. The Bertz CT molecular complexity index is 1460. The largest absolute Gasteiger partial charge is 0.331 e. The van der Waals surface area contributed by atoms with Gasteiger partial charge in [0.2, 0.25) is 11.7 Å². The molecule has 10 heteroatoms. The number of carbonyl (C=O) groups excluding carboxylic acids is 4. The van der Waals surface area contributed by atoms with E-state index in [-0.39, 0.29) is 47.6 Å². The van der Waals surface area contributed by atoms with Crippen molar-refractivity contribution in [1.29, 1.82) is 0 Å². The van der Waals surface area contributed by atoms with Crippen LogP contribution in [-0.2, 0) is 34.4 Å². The second kappa shape index (κ2) is 11.0. The number of hydrogen-bond donors (Lipinski definition) is 0. The number of carbonyl (C=O) groups is 4. The molecule has 2 aromatic carbocycles. The van der Waals surface area contributed by atoms with Crippen LogP contribution in [0, 0.1) is 11.8 Å². The summed E-state index contributed by atoms with van der Waals surface area (Å²) in [6.45, 7) is 1.38. The van der Waals surface area contributed by atoms with E-state index in [9.17, 15) is 27.6 Å². The van der Waals surface area contributed by atoms with Gasteiger partial charge in [-0.15, -0.1) is 0 Å². The normalized spacial score (nSPS) is 22.5. The summed E-state index contributed by atoms with van der Waals surface area (Å²) in [5.41, 5.74) is -0.0897. The van der Waals surface area contributed by atoms with Gasteiger partial charge in [0.1, 0.15) is 0 Å². The molecule has 5 rings (SSSR count). The zero-order chi connectivity index (χ0) is 28.8. The Morgan fingerprint density at radius 1 is 1.00 bits per heavy atom. The minimum atomic E-state index is -3.98. The van der Waals surface area contributed by atoms with Crippen molar-refractivity contribution in [3.63, 3.8) is 0 Å². The van der Waals surface area contributed by atoms with Crippen molar-refractivity contribution < 1.29 is 27.6 Å². The molecule has 2 aromatic rings.